The Bertz CT molecular complexity index is 728. The fourth-order valence-corrected chi connectivity index (χ4v) is 3.77. The first-order chi connectivity index (χ1) is 13.4. The summed E-state index contributed by atoms with van der Waals surface area (Å²) in [6, 6.07) is 14.1. The first-order valence-electron chi connectivity index (χ1n) is 10.0. The van der Waals surface area contributed by atoms with E-state index in [4.69, 9.17) is 0 Å². The number of rotatable bonds is 10. The van der Waals surface area contributed by atoms with Crippen molar-refractivity contribution in [1.29, 1.82) is 0 Å². The third-order valence-corrected chi connectivity index (χ3v) is 5.69. The molecule has 0 aliphatic heterocycles. The molecule has 152 valence electrons. The zero-order valence-corrected chi connectivity index (χ0v) is 18.2. The quantitative estimate of drug-likeness (QED) is 0.566. The van der Waals surface area contributed by atoms with E-state index in [2.05, 4.69) is 6.92 Å². The summed E-state index contributed by atoms with van der Waals surface area (Å²) in [5, 5.41) is 2.03. The molecule has 0 saturated heterocycles. The van der Waals surface area contributed by atoms with Crippen LogP contribution in [0.5, 0.6) is 0 Å². The predicted molar refractivity (Wildman–Crippen MR) is 116 cm³/mol. The number of carbonyl (C=O) groups excluding carboxylic acids is 2. The molecule has 0 aliphatic rings. The SMILES string of the molecule is CC[C@H](C)N(CC(=O)N(Cc1ccccc1)Cc1cccs1)C(=O)CC(C)C. The molecule has 5 heteroatoms. The summed E-state index contributed by atoms with van der Waals surface area (Å²) in [4.78, 5) is 30.7. The lowest BCUT2D eigenvalue weighted by molar-refractivity contribution is -0.143. The van der Waals surface area contributed by atoms with Crippen molar-refractivity contribution in [2.75, 3.05) is 6.54 Å². The molecule has 1 aromatic carbocycles. The topological polar surface area (TPSA) is 40.6 Å². The standard InChI is InChI=1S/C23H32N2O2S/c1-5-19(4)25(22(26)14-18(2)3)17-23(27)24(16-21-12-9-13-28-21)15-20-10-7-6-8-11-20/h6-13,18-19H,5,14-17H2,1-4H3/t19-/m0/s1. The smallest absolute Gasteiger partial charge is 0.242 e. The average Bonchev–Trinajstić information content (AvgIpc) is 3.18. The Labute approximate surface area is 173 Å². The van der Waals surface area contributed by atoms with Gasteiger partial charge in [-0.05, 0) is 36.3 Å². The number of benzene rings is 1. The Balaban J connectivity index is 2.17. The molecule has 1 atom stereocenters. The Morgan fingerprint density at radius 3 is 2.25 bits per heavy atom. The summed E-state index contributed by atoms with van der Waals surface area (Å²) in [7, 11) is 0. The Hall–Kier alpha value is -2.14. The third-order valence-electron chi connectivity index (χ3n) is 4.83. The Morgan fingerprint density at radius 1 is 0.964 bits per heavy atom. The van der Waals surface area contributed by atoms with Crippen LogP contribution in [0.4, 0.5) is 0 Å². The van der Waals surface area contributed by atoms with Crippen molar-refractivity contribution >= 4 is 23.2 Å². The van der Waals surface area contributed by atoms with E-state index in [0.29, 0.717) is 19.5 Å². The molecular weight excluding hydrogens is 368 g/mol. The van der Waals surface area contributed by atoms with Gasteiger partial charge in [-0.1, -0.05) is 57.2 Å². The Kier molecular flexibility index (Phi) is 8.71. The molecule has 0 bridgehead atoms. The van der Waals surface area contributed by atoms with Gasteiger partial charge in [-0.25, -0.2) is 0 Å². The summed E-state index contributed by atoms with van der Waals surface area (Å²) < 4.78 is 0. The van der Waals surface area contributed by atoms with Gasteiger partial charge in [0.15, 0.2) is 0 Å². The van der Waals surface area contributed by atoms with E-state index in [-0.39, 0.29) is 30.3 Å². The molecule has 0 spiro atoms. The van der Waals surface area contributed by atoms with Crippen LogP contribution in [0.1, 0.15) is 51.0 Å². The minimum Gasteiger partial charge on any atom is -0.332 e. The molecule has 2 rings (SSSR count). The van der Waals surface area contributed by atoms with E-state index in [0.717, 1.165) is 16.9 Å². The molecule has 2 amide bonds. The van der Waals surface area contributed by atoms with Gasteiger partial charge < -0.3 is 9.80 Å². The lowest BCUT2D eigenvalue weighted by Crippen LogP contribution is -2.46. The molecule has 0 saturated carbocycles. The molecule has 0 aliphatic carbocycles. The van der Waals surface area contributed by atoms with Gasteiger partial charge in [-0.3, -0.25) is 9.59 Å². The molecule has 0 fully saturated rings. The average molecular weight is 401 g/mol. The van der Waals surface area contributed by atoms with E-state index >= 15 is 0 Å². The molecule has 2 aromatic rings. The van der Waals surface area contributed by atoms with Gasteiger partial charge in [0.25, 0.3) is 0 Å². The number of hydrogen-bond acceptors (Lipinski definition) is 3. The van der Waals surface area contributed by atoms with Crippen LogP contribution in [0.15, 0.2) is 47.8 Å². The number of amides is 2. The van der Waals surface area contributed by atoms with Crippen LogP contribution in [0, 0.1) is 5.92 Å². The highest BCUT2D eigenvalue weighted by Gasteiger charge is 2.25. The number of hydrogen-bond donors (Lipinski definition) is 0. The van der Waals surface area contributed by atoms with E-state index in [9.17, 15) is 9.59 Å². The van der Waals surface area contributed by atoms with Crippen LogP contribution >= 0.6 is 11.3 Å². The van der Waals surface area contributed by atoms with E-state index in [1.165, 1.54) is 0 Å². The fraction of sp³-hybridized carbons (Fsp3) is 0.478. The van der Waals surface area contributed by atoms with E-state index in [1.807, 2.05) is 73.5 Å². The second-order valence-electron chi connectivity index (χ2n) is 7.69. The van der Waals surface area contributed by atoms with Crippen LogP contribution in [0.3, 0.4) is 0 Å². The second-order valence-corrected chi connectivity index (χ2v) is 8.72. The highest BCUT2D eigenvalue weighted by atomic mass is 32.1. The second kappa shape index (κ2) is 11.0. The predicted octanol–water partition coefficient (Wildman–Crippen LogP) is 4.95. The number of carbonyl (C=O) groups is 2. The van der Waals surface area contributed by atoms with Gasteiger partial charge in [-0.15, -0.1) is 11.3 Å². The van der Waals surface area contributed by atoms with Crippen molar-refractivity contribution in [2.24, 2.45) is 5.92 Å². The van der Waals surface area contributed by atoms with E-state index < -0.39 is 0 Å². The highest BCUT2D eigenvalue weighted by molar-refractivity contribution is 7.09. The van der Waals surface area contributed by atoms with Crippen LogP contribution in [0.25, 0.3) is 0 Å². The molecule has 28 heavy (non-hydrogen) atoms. The van der Waals surface area contributed by atoms with Gasteiger partial charge in [0.2, 0.25) is 11.8 Å². The monoisotopic (exact) mass is 400 g/mol. The van der Waals surface area contributed by atoms with Crippen molar-refractivity contribution in [3.63, 3.8) is 0 Å². The number of nitrogens with zero attached hydrogens (tertiary/aromatic N) is 2. The summed E-state index contributed by atoms with van der Waals surface area (Å²) in [6.07, 6.45) is 1.31. The zero-order valence-electron chi connectivity index (χ0n) is 17.4. The fourth-order valence-electron chi connectivity index (χ4n) is 3.05. The molecule has 1 aromatic heterocycles. The van der Waals surface area contributed by atoms with Crippen molar-refractivity contribution in [1.82, 2.24) is 9.80 Å². The summed E-state index contributed by atoms with van der Waals surface area (Å²) >= 11 is 1.65. The van der Waals surface area contributed by atoms with Gasteiger partial charge in [-0.2, -0.15) is 0 Å². The lowest BCUT2D eigenvalue weighted by atomic mass is 10.1. The maximum absolute atomic E-state index is 13.2. The largest absolute Gasteiger partial charge is 0.332 e. The lowest BCUT2D eigenvalue weighted by Gasteiger charge is -2.31. The number of thiophene rings is 1. The van der Waals surface area contributed by atoms with Crippen LogP contribution in [-0.2, 0) is 22.7 Å². The summed E-state index contributed by atoms with van der Waals surface area (Å²) in [5.41, 5.74) is 1.09. The van der Waals surface area contributed by atoms with E-state index in [1.54, 1.807) is 16.2 Å². The van der Waals surface area contributed by atoms with Crippen LogP contribution < -0.4 is 0 Å². The van der Waals surface area contributed by atoms with Gasteiger partial charge >= 0.3 is 0 Å². The summed E-state index contributed by atoms with van der Waals surface area (Å²) in [5.74, 6) is 0.337. The molecule has 0 unspecified atom stereocenters. The van der Waals surface area contributed by atoms with Crippen molar-refractivity contribution in [2.45, 2.75) is 59.7 Å². The molecule has 4 nitrogen and oxygen atoms in total. The maximum atomic E-state index is 13.2. The summed E-state index contributed by atoms with van der Waals surface area (Å²) in [6.45, 7) is 9.39. The van der Waals surface area contributed by atoms with Gasteiger partial charge in [0, 0.05) is 23.9 Å². The Morgan fingerprint density at radius 2 is 1.68 bits per heavy atom. The van der Waals surface area contributed by atoms with Crippen LogP contribution in [-0.4, -0.2) is 34.2 Å². The van der Waals surface area contributed by atoms with Crippen molar-refractivity contribution in [3.8, 4) is 0 Å². The molecule has 0 radical (unpaired) electrons. The molecule has 0 N–H and O–H groups in total. The third kappa shape index (κ3) is 6.79. The van der Waals surface area contributed by atoms with Crippen LogP contribution in [0.2, 0.25) is 0 Å². The minimum atomic E-state index is -0.00495. The van der Waals surface area contributed by atoms with Crippen molar-refractivity contribution in [3.05, 3.63) is 58.3 Å². The van der Waals surface area contributed by atoms with Gasteiger partial charge in [0.05, 0.1) is 6.54 Å². The molecule has 1 heterocycles. The molecular formula is C23H32N2O2S. The maximum Gasteiger partial charge on any atom is 0.242 e. The first-order valence-corrected chi connectivity index (χ1v) is 10.9. The highest BCUT2D eigenvalue weighted by Crippen LogP contribution is 2.17. The van der Waals surface area contributed by atoms with Gasteiger partial charge in [0.1, 0.15) is 6.54 Å². The van der Waals surface area contributed by atoms with Crippen molar-refractivity contribution < 1.29 is 9.59 Å². The zero-order chi connectivity index (χ0) is 20.5. The first kappa shape index (κ1) is 22.2. The normalized spacial score (nSPS) is 12.0. The minimum absolute atomic E-state index is 0.00495.